The van der Waals surface area contributed by atoms with Gasteiger partial charge in [0, 0.05) is 44.2 Å². The van der Waals surface area contributed by atoms with Crippen LogP contribution in [0.15, 0.2) is 42.6 Å². The van der Waals surface area contributed by atoms with E-state index in [-0.39, 0.29) is 12.0 Å². The molecular formula is C18H22N4O2. The van der Waals surface area contributed by atoms with Gasteiger partial charge in [-0.1, -0.05) is 0 Å². The molecule has 0 spiro atoms. The molecule has 2 heterocycles. The number of benzene rings is 1. The van der Waals surface area contributed by atoms with Crippen molar-refractivity contribution in [3.05, 3.63) is 48.2 Å². The standard InChI is InChI=1S/C18H22N4O2/c1-21(2)15-9-7-14(8-10-15)18(23)22-12-4-5-16(13-22)24-17-6-3-11-19-20-17/h3,6-11,16H,4-5,12-13H2,1-2H3. The number of amides is 1. The van der Waals surface area contributed by atoms with E-state index in [9.17, 15) is 4.79 Å². The number of nitrogens with zero attached hydrogens (tertiary/aromatic N) is 4. The first kappa shape index (κ1) is 16.2. The third kappa shape index (κ3) is 3.82. The van der Waals surface area contributed by atoms with Gasteiger partial charge in [0.2, 0.25) is 5.88 Å². The zero-order chi connectivity index (χ0) is 16.9. The van der Waals surface area contributed by atoms with E-state index in [0.29, 0.717) is 18.0 Å². The Morgan fingerprint density at radius 1 is 1.25 bits per heavy atom. The maximum Gasteiger partial charge on any atom is 0.253 e. The van der Waals surface area contributed by atoms with Gasteiger partial charge in [-0.05, 0) is 43.2 Å². The van der Waals surface area contributed by atoms with Crippen LogP contribution in [0.4, 0.5) is 5.69 Å². The Labute approximate surface area is 142 Å². The third-order valence-corrected chi connectivity index (χ3v) is 4.13. The summed E-state index contributed by atoms with van der Waals surface area (Å²) in [6.45, 7) is 1.33. The van der Waals surface area contributed by atoms with Crippen LogP contribution in [0.1, 0.15) is 23.2 Å². The first-order chi connectivity index (χ1) is 11.6. The molecule has 1 aliphatic heterocycles. The third-order valence-electron chi connectivity index (χ3n) is 4.13. The van der Waals surface area contributed by atoms with Crippen LogP contribution in [0.2, 0.25) is 0 Å². The van der Waals surface area contributed by atoms with Gasteiger partial charge in [-0.3, -0.25) is 4.79 Å². The Balaban J connectivity index is 1.64. The van der Waals surface area contributed by atoms with Gasteiger partial charge < -0.3 is 14.5 Å². The number of carbonyl (C=O) groups excluding carboxylic acids is 1. The van der Waals surface area contributed by atoms with Gasteiger partial charge >= 0.3 is 0 Å². The van der Waals surface area contributed by atoms with Gasteiger partial charge in [0.1, 0.15) is 6.10 Å². The Bertz CT molecular complexity index is 673. The average molecular weight is 326 g/mol. The minimum Gasteiger partial charge on any atom is -0.471 e. The van der Waals surface area contributed by atoms with Crippen LogP contribution in [0.25, 0.3) is 0 Å². The molecule has 0 bridgehead atoms. The number of anilines is 1. The van der Waals surface area contributed by atoms with E-state index in [1.807, 2.05) is 48.2 Å². The molecule has 6 heteroatoms. The van der Waals surface area contributed by atoms with Crippen molar-refractivity contribution in [2.45, 2.75) is 18.9 Å². The molecule has 1 saturated heterocycles. The molecule has 0 aliphatic carbocycles. The molecule has 126 valence electrons. The maximum absolute atomic E-state index is 12.7. The smallest absolute Gasteiger partial charge is 0.253 e. The predicted octanol–water partition coefficient (Wildman–Crippen LogP) is 2.23. The fraction of sp³-hybridized carbons (Fsp3) is 0.389. The molecule has 1 fully saturated rings. The lowest BCUT2D eigenvalue weighted by atomic mass is 10.1. The van der Waals surface area contributed by atoms with Gasteiger partial charge in [0.15, 0.2) is 0 Å². The van der Waals surface area contributed by atoms with Crippen molar-refractivity contribution in [3.8, 4) is 5.88 Å². The molecule has 1 aliphatic rings. The highest BCUT2D eigenvalue weighted by atomic mass is 16.5. The minimum atomic E-state index is -0.0413. The zero-order valence-electron chi connectivity index (χ0n) is 14.1. The minimum absolute atomic E-state index is 0.0413. The van der Waals surface area contributed by atoms with E-state index in [2.05, 4.69) is 10.2 Å². The highest BCUT2D eigenvalue weighted by molar-refractivity contribution is 5.94. The quantitative estimate of drug-likeness (QED) is 0.862. The van der Waals surface area contributed by atoms with Crippen LogP contribution in [0.3, 0.4) is 0 Å². The summed E-state index contributed by atoms with van der Waals surface area (Å²) in [6.07, 6.45) is 3.41. The van der Waals surface area contributed by atoms with Crippen LogP contribution in [0, 0.1) is 0 Å². The molecular weight excluding hydrogens is 304 g/mol. The van der Waals surface area contributed by atoms with Crippen LogP contribution < -0.4 is 9.64 Å². The van der Waals surface area contributed by atoms with Gasteiger partial charge in [-0.2, -0.15) is 5.10 Å². The van der Waals surface area contributed by atoms with Crippen LogP contribution in [0.5, 0.6) is 5.88 Å². The van der Waals surface area contributed by atoms with Gasteiger partial charge in [0.05, 0.1) is 6.54 Å². The van der Waals surface area contributed by atoms with E-state index in [1.165, 1.54) is 0 Å². The first-order valence-electron chi connectivity index (χ1n) is 8.14. The lowest BCUT2D eigenvalue weighted by Gasteiger charge is -2.32. The fourth-order valence-corrected chi connectivity index (χ4v) is 2.82. The normalized spacial score (nSPS) is 17.4. The van der Waals surface area contributed by atoms with E-state index >= 15 is 0 Å². The molecule has 2 aromatic rings. The molecule has 0 radical (unpaired) electrons. The van der Waals surface area contributed by atoms with Crippen molar-refractivity contribution >= 4 is 11.6 Å². The topological polar surface area (TPSA) is 58.6 Å². The van der Waals surface area contributed by atoms with Gasteiger partial charge in [-0.15, -0.1) is 5.10 Å². The summed E-state index contributed by atoms with van der Waals surface area (Å²) in [6, 6.07) is 11.3. The number of hydrogen-bond acceptors (Lipinski definition) is 5. The molecule has 1 aromatic carbocycles. The van der Waals surface area contributed by atoms with Gasteiger partial charge in [-0.25, -0.2) is 0 Å². The number of piperidine rings is 1. The van der Waals surface area contributed by atoms with Crippen molar-refractivity contribution in [2.24, 2.45) is 0 Å². The maximum atomic E-state index is 12.7. The summed E-state index contributed by atoms with van der Waals surface area (Å²) in [5.41, 5.74) is 1.79. The van der Waals surface area contributed by atoms with E-state index in [4.69, 9.17) is 4.74 Å². The van der Waals surface area contributed by atoms with E-state index in [0.717, 1.165) is 25.1 Å². The number of hydrogen-bond donors (Lipinski definition) is 0. The number of carbonyl (C=O) groups is 1. The zero-order valence-corrected chi connectivity index (χ0v) is 14.1. The molecule has 24 heavy (non-hydrogen) atoms. The molecule has 1 atom stereocenters. The molecule has 1 aromatic heterocycles. The summed E-state index contributed by atoms with van der Waals surface area (Å²) in [5, 5.41) is 7.76. The van der Waals surface area contributed by atoms with Crippen molar-refractivity contribution in [1.29, 1.82) is 0 Å². The SMILES string of the molecule is CN(C)c1ccc(C(=O)N2CCCC(Oc3cccnn3)C2)cc1. The molecule has 0 N–H and O–H groups in total. The predicted molar refractivity (Wildman–Crippen MR) is 92.4 cm³/mol. The number of ether oxygens (including phenoxy) is 1. The number of rotatable bonds is 4. The Hall–Kier alpha value is -2.63. The average Bonchev–Trinajstić information content (AvgIpc) is 2.62. The second-order valence-electron chi connectivity index (χ2n) is 6.14. The number of likely N-dealkylation sites (tertiary alicyclic amines) is 1. The van der Waals surface area contributed by atoms with Gasteiger partial charge in [0.25, 0.3) is 5.91 Å². The summed E-state index contributed by atoms with van der Waals surface area (Å²) in [7, 11) is 3.96. The van der Waals surface area contributed by atoms with E-state index in [1.54, 1.807) is 18.3 Å². The highest BCUT2D eigenvalue weighted by Gasteiger charge is 2.26. The summed E-state index contributed by atoms with van der Waals surface area (Å²) >= 11 is 0. The number of aromatic nitrogens is 2. The molecule has 3 rings (SSSR count). The summed E-state index contributed by atoms with van der Waals surface area (Å²) in [5.74, 6) is 0.555. The molecule has 1 unspecified atom stereocenters. The van der Waals surface area contributed by atoms with Crippen LogP contribution >= 0.6 is 0 Å². The summed E-state index contributed by atoms with van der Waals surface area (Å²) in [4.78, 5) is 16.6. The molecule has 0 saturated carbocycles. The lowest BCUT2D eigenvalue weighted by molar-refractivity contribution is 0.0525. The second-order valence-corrected chi connectivity index (χ2v) is 6.14. The van der Waals surface area contributed by atoms with E-state index < -0.39 is 0 Å². The first-order valence-corrected chi connectivity index (χ1v) is 8.14. The highest BCUT2D eigenvalue weighted by Crippen LogP contribution is 2.19. The van der Waals surface area contributed by atoms with Crippen molar-refractivity contribution < 1.29 is 9.53 Å². The lowest BCUT2D eigenvalue weighted by Crippen LogP contribution is -2.44. The Kier molecular flexibility index (Phi) is 4.93. The van der Waals surface area contributed by atoms with Crippen LogP contribution in [-0.4, -0.2) is 54.3 Å². The van der Waals surface area contributed by atoms with Crippen molar-refractivity contribution in [2.75, 3.05) is 32.1 Å². The van der Waals surface area contributed by atoms with Crippen molar-refractivity contribution in [1.82, 2.24) is 15.1 Å². The monoisotopic (exact) mass is 326 g/mol. The molecule has 6 nitrogen and oxygen atoms in total. The Morgan fingerprint density at radius 3 is 2.71 bits per heavy atom. The fourth-order valence-electron chi connectivity index (χ4n) is 2.82. The van der Waals surface area contributed by atoms with Crippen LogP contribution in [-0.2, 0) is 0 Å². The Morgan fingerprint density at radius 2 is 2.04 bits per heavy atom. The second kappa shape index (κ2) is 7.29. The largest absolute Gasteiger partial charge is 0.471 e. The molecule has 1 amide bonds. The van der Waals surface area contributed by atoms with Crippen molar-refractivity contribution in [3.63, 3.8) is 0 Å². The summed E-state index contributed by atoms with van der Waals surface area (Å²) < 4.78 is 5.85.